The predicted octanol–water partition coefficient (Wildman–Crippen LogP) is -2.61. The van der Waals surface area contributed by atoms with Crippen molar-refractivity contribution in [1.29, 1.82) is 0 Å². The van der Waals surface area contributed by atoms with E-state index in [0.717, 1.165) is 24.1 Å². The number of anilines is 1. The van der Waals surface area contributed by atoms with Crippen LogP contribution in [-0.2, 0) is 50.6 Å². The number of phosphoric ester groups is 3. The zero-order valence-electron chi connectivity index (χ0n) is 25.9. The number of ether oxygens (including phenoxy) is 2. The van der Waals surface area contributed by atoms with Gasteiger partial charge in [0.2, 0.25) is 5.91 Å². The van der Waals surface area contributed by atoms with Gasteiger partial charge in [-0.1, -0.05) is 6.08 Å². The van der Waals surface area contributed by atoms with Crippen molar-refractivity contribution in [2.75, 3.05) is 18.9 Å². The van der Waals surface area contributed by atoms with E-state index in [2.05, 4.69) is 23.8 Å². The van der Waals surface area contributed by atoms with E-state index in [0.29, 0.717) is 0 Å². The number of nitrogens with zero attached hydrogens (tertiary/aromatic N) is 5. The van der Waals surface area contributed by atoms with Crippen LogP contribution in [0.2, 0.25) is 0 Å². The molecule has 282 valence electrons. The number of hydrogen-bond donors (Lipinski definition) is 9. The zero-order chi connectivity index (χ0) is 37.7. The maximum absolute atomic E-state index is 12.8. The van der Waals surface area contributed by atoms with Crippen molar-refractivity contribution in [2.45, 2.75) is 61.9 Å². The van der Waals surface area contributed by atoms with Crippen LogP contribution in [-0.4, -0.2) is 127 Å². The number of phosphoric acid groups is 3. The number of aliphatic hydroxyl groups is 3. The first kappa shape index (κ1) is 39.2. The molecule has 5 heterocycles. The van der Waals surface area contributed by atoms with Crippen LogP contribution < -0.4 is 11.5 Å². The summed E-state index contributed by atoms with van der Waals surface area (Å²) in [6.45, 7) is -1.53. The van der Waals surface area contributed by atoms with E-state index in [4.69, 9.17) is 30.0 Å². The maximum Gasteiger partial charge on any atom is 0.481 e. The van der Waals surface area contributed by atoms with Crippen molar-refractivity contribution >= 4 is 52.1 Å². The molecule has 0 aromatic carbocycles. The van der Waals surface area contributed by atoms with Gasteiger partial charge in [-0.05, 0) is 13.3 Å². The van der Waals surface area contributed by atoms with Crippen molar-refractivity contribution in [2.24, 2.45) is 5.73 Å². The van der Waals surface area contributed by atoms with Gasteiger partial charge in [0.15, 0.2) is 41.4 Å². The molecule has 0 aliphatic carbocycles. The van der Waals surface area contributed by atoms with Gasteiger partial charge in [-0.15, -0.1) is 0 Å². The largest absolute Gasteiger partial charge is 0.481 e. The minimum atomic E-state index is -5.69. The lowest BCUT2D eigenvalue weighted by Crippen LogP contribution is -2.55. The van der Waals surface area contributed by atoms with Crippen LogP contribution in [0.15, 0.2) is 36.7 Å². The monoisotopic (exact) mass is 787 g/mol. The van der Waals surface area contributed by atoms with Crippen LogP contribution in [0.25, 0.3) is 11.2 Å². The fraction of sp³-hybridized carbons (Fsp3) is 0.522. The van der Waals surface area contributed by atoms with Gasteiger partial charge in [0.05, 0.1) is 19.5 Å². The molecule has 5 rings (SSSR count). The average Bonchev–Trinajstić information content (AvgIpc) is 3.67. The molecule has 2 saturated heterocycles. The van der Waals surface area contributed by atoms with E-state index in [1.54, 1.807) is 0 Å². The molecule has 1 amide bonds. The van der Waals surface area contributed by atoms with Crippen LogP contribution in [0, 0.1) is 0 Å². The molecule has 3 aliphatic rings. The van der Waals surface area contributed by atoms with Crippen LogP contribution >= 0.6 is 23.5 Å². The third-order valence-corrected chi connectivity index (χ3v) is 10.9. The van der Waals surface area contributed by atoms with E-state index in [1.165, 1.54) is 23.4 Å². The molecule has 25 nitrogen and oxygen atoms in total. The van der Waals surface area contributed by atoms with Gasteiger partial charge < -0.3 is 60.7 Å². The fourth-order valence-electron chi connectivity index (χ4n) is 5.41. The Bertz CT molecular complexity index is 1890. The third kappa shape index (κ3) is 8.29. The number of ketones is 1. The topological polar surface area (TPSA) is 381 Å². The molecule has 28 heteroatoms. The van der Waals surface area contributed by atoms with Crippen molar-refractivity contribution < 1.29 is 85.5 Å². The molecule has 2 fully saturated rings. The number of amides is 1. The Morgan fingerprint density at radius 1 is 1.02 bits per heavy atom. The predicted molar refractivity (Wildman–Crippen MR) is 162 cm³/mol. The van der Waals surface area contributed by atoms with E-state index < -0.39 is 96.9 Å². The Balaban J connectivity index is 1.27. The van der Waals surface area contributed by atoms with E-state index in [-0.39, 0.29) is 29.0 Å². The maximum atomic E-state index is 12.8. The molecule has 0 radical (unpaired) electrons. The summed E-state index contributed by atoms with van der Waals surface area (Å²) >= 11 is 0. The van der Waals surface area contributed by atoms with Crippen molar-refractivity contribution in [3.05, 3.63) is 36.7 Å². The average molecular weight is 787 g/mol. The number of allylic oxidation sites excluding steroid dienone is 1. The molecular weight excluding hydrogens is 755 g/mol. The van der Waals surface area contributed by atoms with Crippen LogP contribution in [0.3, 0.4) is 0 Å². The van der Waals surface area contributed by atoms with E-state index >= 15 is 0 Å². The van der Waals surface area contributed by atoms with Gasteiger partial charge in [-0.25, -0.2) is 28.6 Å². The second-order valence-corrected chi connectivity index (χ2v) is 15.4. The summed E-state index contributed by atoms with van der Waals surface area (Å²) in [4.78, 5) is 76.7. The summed E-state index contributed by atoms with van der Waals surface area (Å²) in [5.74, 6) is -2.10. The summed E-state index contributed by atoms with van der Waals surface area (Å²) in [6.07, 6.45) is -5.98. The number of imidazole rings is 1. The second kappa shape index (κ2) is 14.4. The molecule has 2 aromatic rings. The number of Topliss-reactive ketones (excluding diaryl/α,β-unsaturated/α-hetero) is 1. The van der Waals surface area contributed by atoms with Crippen molar-refractivity contribution in [3.63, 3.8) is 0 Å². The molecule has 10 atom stereocenters. The van der Waals surface area contributed by atoms with Gasteiger partial charge in [0.25, 0.3) is 0 Å². The molecule has 0 spiro atoms. The standard InChI is InChI=1S/C23H32N7O18P3/c1-10(31)23(35)13(46-22(17(23)47-49(36,37)38)30-9-28-14-18(24)26-8-27-20(14)30)7-44-51(41,42)48-50(39,40)43-6-12-15(32)16(33)21(45-12)29-4-2-3-11(5-29)19(25)34/h2,4-5,8-9,12-13,15-17,21-22,32-33,35H,3,6-7H2,1H3,(H2,25,34)(H,39,40)(H,41,42)(H2,24,26,27)(H2,36,37,38)/t12-,13-,15-,16-,17+,21-,22-,23-/m1/s1. The first-order valence-corrected chi connectivity index (χ1v) is 18.8. The second-order valence-electron chi connectivity index (χ2n) is 11.2. The highest BCUT2D eigenvalue weighted by molar-refractivity contribution is 7.61. The molecule has 0 saturated carbocycles. The SMILES string of the molecule is CC(=O)[C@@]1(O)[C@@H](COP(=O)(O)OP(=O)(O)OC[C@H]2O[C@@H](N3C=CCC(C(N)=O)=C3)[C@H](O)[C@@H]2O)O[C@@H](n2cnc3c(N)ncnc32)[C@@H]1OP(=O)(O)O. The summed E-state index contributed by atoms with van der Waals surface area (Å²) in [7, 11) is -16.8. The number of aliphatic hydroxyl groups excluding tert-OH is 2. The number of rotatable bonds is 14. The highest BCUT2D eigenvalue weighted by Crippen LogP contribution is 2.61. The molecular formula is C23H32N7O18P3. The Hall–Kier alpha value is -3.06. The zero-order valence-corrected chi connectivity index (χ0v) is 28.6. The molecule has 11 N–H and O–H groups in total. The molecule has 3 aliphatic heterocycles. The van der Waals surface area contributed by atoms with E-state index in [9.17, 15) is 58.2 Å². The minimum absolute atomic E-state index is 0.0213. The number of aromatic nitrogens is 4. The lowest BCUT2D eigenvalue weighted by molar-refractivity contribution is -0.150. The summed E-state index contributed by atoms with van der Waals surface area (Å²) in [6, 6.07) is 0. The number of nitrogen functional groups attached to an aromatic ring is 1. The number of fused-ring (bicyclic) bond motifs is 1. The molecule has 2 aromatic heterocycles. The Morgan fingerprint density at radius 3 is 2.31 bits per heavy atom. The van der Waals surface area contributed by atoms with Crippen LogP contribution in [0.5, 0.6) is 0 Å². The number of carbonyl (C=O) groups is 2. The van der Waals surface area contributed by atoms with Crippen LogP contribution in [0.4, 0.5) is 5.82 Å². The number of hydrogen-bond acceptors (Lipinski definition) is 19. The lowest BCUT2D eigenvalue weighted by Gasteiger charge is -2.31. The summed E-state index contributed by atoms with van der Waals surface area (Å²) in [5, 5.41) is 32.3. The molecule has 2 unspecified atom stereocenters. The molecule has 51 heavy (non-hydrogen) atoms. The van der Waals surface area contributed by atoms with Gasteiger partial charge in [-0.3, -0.25) is 27.7 Å². The first-order chi connectivity index (χ1) is 23.6. The summed E-state index contributed by atoms with van der Waals surface area (Å²) < 4.78 is 67.8. The fourth-order valence-corrected chi connectivity index (χ4v) is 8.05. The highest BCUT2D eigenvalue weighted by Gasteiger charge is 2.63. The normalized spacial score (nSPS) is 32.1. The van der Waals surface area contributed by atoms with Crippen LogP contribution in [0.1, 0.15) is 19.6 Å². The quantitative estimate of drug-likeness (QED) is 0.0885. The summed E-state index contributed by atoms with van der Waals surface area (Å²) in [5.41, 5.74) is 8.05. The number of primary amides is 1. The Labute approximate surface area is 285 Å². The van der Waals surface area contributed by atoms with Gasteiger partial charge in [0.1, 0.15) is 36.3 Å². The van der Waals surface area contributed by atoms with Gasteiger partial charge in [0, 0.05) is 18.0 Å². The van der Waals surface area contributed by atoms with Crippen molar-refractivity contribution in [1.82, 2.24) is 24.4 Å². The van der Waals surface area contributed by atoms with Gasteiger partial charge in [-0.2, -0.15) is 4.31 Å². The van der Waals surface area contributed by atoms with Crippen molar-refractivity contribution in [3.8, 4) is 0 Å². The lowest BCUT2D eigenvalue weighted by atomic mass is 9.88. The third-order valence-electron chi connectivity index (χ3n) is 7.83. The Morgan fingerprint density at radius 2 is 1.69 bits per heavy atom. The first-order valence-electron chi connectivity index (χ1n) is 14.3. The Kier molecular flexibility index (Phi) is 11.1. The number of nitrogens with two attached hydrogens (primary N) is 2. The molecule has 0 bridgehead atoms. The highest BCUT2D eigenvalue weighted by atomic mass is 31.3. The van der Waals surface area contributed by atoms with Gasteiger partial charge >= 0.3 is 23.5 Å². The number of carbonyl (C=O) groups excluding carboxylic acids is 2. The smallest absolute Gasteiger partial charge is 0.387 e. The van der Waals surface area contributed by atoms with E-state index in [1.807, 2.05) is 0 Å². The minimum Gasteiger partial charge on any atom is -0.387 e.